The lowest BCUT2D eigenvalue weighted by Crippen LogP contribution is -1.96. The van der Waals surface area contributed by atoms with Gasteiger partial charge in [0, 0.05) is 5.56 Å². The van der Waals surface area contributed by atoms with Gasteiger partial charge >= 0.3 is 0 Å². The maximum atomic E-state index is 13.7. The molecule has 0 radical (unpaired) electrons. The Morgan fingerprint density at radius 1 is 1.60 bits per heavy atom. The van der Waals surface area contributed by atoms with Crippen molar-refractivity contribution in [1.29, 1.82) is 5.26 Å². The Labute approximate surface area is 85.8 Å². The van der Waals surface area contributed by atoms with E-state index in [0.717, 1.165) is 0 Å². The van der Waals surface area contributed by atoms with Crippen molar-refractivity contribution in [3.05, 3.63) is 17.4 Å². The van der Waals surface area contributed by atoms with Crippen LogP contribution in [0.3, 0.4) is 0 Å². The number of methoxy groups -OCH3 is 1. The Morgan fingerprint density at radius 3 is 3.07 bits per heavy atom. The summed E-state index contributed by atoms with van der Waals surface area (Å²) in [6.07, 6.45) is 0.0662. The normalized spacial score (nSPS) is 12.3. The van der Waals surface area contributed by atoms with E-state index in [1.165, 1.54) is 7.11 Å². The van der Waals surface area contributed by atoms with Crippen molar-refractivity contribution in [3.8, 4) is 23.3 Å². The number of ether oxygens (including phenoxy) is 3. The highest BCUT2D eigenvalue weighted by atomic mass is 19.1. The van der Waals surface area contributed by atoms with Crippen molar-refractivity contribution in [3.63, 3.8) is 0 Å². The second-order valence-electron chi connectivity index (χ2n) is 2.95. The Kier molecular flexibility index (Phi) is 2.34. The van der Waals surface area contributed by atoms with Crippen molar-refractivity contribution in [2.24, 2.45) is 0 Å². The van der Waals surface area contributed by atoms with E-state index in [1.54, 1.807) is 6.07 Å². The first-order chi connectivity index (χ1) is 7.27. The monoisotopic (exact) mass is 209 g/mol. The molecule has 78 valence electrons. The van der Waals surface area contributed by atoms with E-state index in [-0.39, 0.29) is 24.7 Å². The van der Waals surface area contributed by atoms with Crippen LogP contribution in [0.5, 0.6) is 17.2 Å². The molecule has 4 nitrogen and oxygen atoms in total. The molecule has 0 spiro atoms. The van der Waals surface area contributed by atoms with Gasteiger partial charge in [0.25, 0.3) is 0 Å². The van der Waals surface area contributed by atoms with Crippen LogP contribution >= 0.6 is 0 Å². The molecule has 1 aromatic carbocycles. The van der Waals surface area contributed by atoms with E-state index in [4.69, 9.17) is 19.5 Å². The van der Waals surface area contributed by atoms with Gasteiger partial charge in [0.1, 0.15) is 0 Å². The predicted octanol–water partition coefficient (Wildman–Crippen LogP) is 1.63. The third-order valence-electron chi connectivity index (χ3n) is 2.11. The second kappa shape index (κ2) is 3.65. The standard InChI is InChI=1S/C10H8FNO3/c1-13-9-6(2-3-12)4-7-10(8(9)11)15-5-14-7/h4H,2,5H2,1H3. The van der Waals surface area contributed by atoms with Crippen LogP contribution in [-0.4, -0.2) is 13.9 Å². The Morgan fingerprint density at radius 2 is 2.40 bits per heavy atom. The number of nitrogens with zero attached hydrogens (tertiary/aromatic N) is 1. The van der Waals surface area contributed by atoms with Crippen LogP contribution in [-0.2, 0) is 6.42 Å². The average Bonchev–Trinajstić information content (AvgIpc) is 2.67. The number of benzene rings is 1. The lowest BCUT2D eigenvalue weighted by Gasteiger charge is -2.08. The van der Waals surface area contributed by atoms with E-state index < -0.39 is 5.82 Å². The van der Waals surface area contributed by atoms with Crippen LogP contribution in [0.25, 0.3) is 0 Å². The minimum Gasteiger partial charge on any atom is -0.493 e. The summed E-state index contributed by atoms with van der Waals surface area (Å²) in [5, 5.41) is 8.58. The third-order valence-corrected chi connectivity index (χ3v) is 2.11. The summed E-state index contributed by atoms with van der Waals surface area (Å²) in [7, 11) is 1.35. The zero-order valence-corrected chi connectivity index (χ0v) is 8.04. The number of hydrogen-bond acceptors (Lipinski definition) is 4. The molecule has 1 aromatic rings. The van der Waals surface area contributed by atoms with Gasteiger partial charge in [0.2, 0.25) is 18.4 Å². The molecule has 0 fully saturated rings. The molecule has 0 unspecified atom stereocenters. The Bertz CT molecular complexity index is 439. The summed E-state index contributed by atoms with van der Waals surface area (Å²) in [6.45, 7) is -0.00852. The summed E-state index contributed by atoms with van der Waals surface area (Å²) >= 11 is 0. The van der Waals surface area contributed by atoms with Crippen LogP contribution in [0.15, 0.2) is 6.07 Å². The van der Waals surface area contributed by atoms with Gasteiger partial charge in [0.15, 0.2) is 11.5 Å². The van der Waals surface area contributed by atoms with Gasteiger partial charge < -0.3 is 14.2 Å². The molecule has 0 atom stereocenters. The molecule has 0 aromatic heterocycles. The van der Waals surface area contributed by atoms with Gasteiger partial charge in [-0.2, -0.15) is 9.65 Å². The fourth-order valence-electron chi connectivity index (χ4n) is 1.47. The van der Waals surface area contributed by atoms with Gasteiger partial charge in [-0.3, -0.25) is 0 Å². The lowest BCUT2D eigenvalue weighted by atomic mass is 10.1. The van der Waals surface area contributed by atoms with Crippen LogP contribution < -0.4 is 14.2 Å². The summed E-state index contributed by atoms with van der Waals surface area (Å²) in [5.74, 6) is -0.203. The van der Waals surface area contributed by atoms with Crippen molar-refractivity contribution < 1.29 is 18.6 Å². The molecule has 0 N–H and O–H groups in total. The van der Waals surface area contributed by atoms with Crippen molar-refractivity contribution >= 4 is 0 Å². The molecule has 5 heteroatoms. The quantitative estimate of drug-likeness (QED) is 0.742. The highest BCUT2D eigenvalue weighted by Gasteiger charge is 2.25. The largest absolute Gasteiger partial charge is 0.493 e. The summed E-state index contributed by atoms with van der Waals surface area (Å²) < 4.78 is 28.6. The van der Waals surface area contributed by atoms with Gasteiger partial charge in [-0.1, -0.05) is 0 Å². The third kappa shape index (κ3) is 1.44. The predicted molar refractivity (Wildman–Crippen MR) is 48.4 cm³/mol. The van der Waals surface area contributed by atoms with E-state index in [1.807, 2.05) is 6.07 Å². The zero-order valence-electron chi connectivity index (χ0n) is 8.04. The highest BCUT2D eigenvalue weighted by Crippen LogP contribution is 2.41. The van der Waals surface area contributed by atoms with E-state index in [0.29, 0.717) is 11.3 Å². The number of hydrogen-bond donors (Lipinski definition) is 0. The fourth-order valence-corrected chi connectivity index (χ4v) is 1.47. The van der Waals surface area contributed by atoms with Crippen LogP contribution in [0, 0.1) is 17.1 Å². The van der Waals surface area contributed by atoms with Crippen LogP contribution in [0.4, 0.5) is 4.39 Å². The van der Waals surface area contributed by atoms with Gasteiger partial charge in [0.05, 0.1) is 19.6 Å². The topological polar surface area (TPSA) is 51.5 Å². The second-order valence-corrected chi connectivity index (χ2v) is 2.95. The molecular weight excluding hydrogens is 201 g/mol. The number of rotatable bonds is 2. The van der Waals surface area contributed by atoms with Crippen LogP contribution in [0.1, 0.15) is 5.56 Å². The fraction of sp³-hybridized carbons (Fsp3) is 0.300. The first-order valence-corrected chi connectivity index (χ1v) is 4.30. The molecule has 2 rings (SSSR count). The van der Waals surface area contributed by atoms with Crippen molar-refractivity contribution in [2.75, 3.05) is 13.9 Å². The maximum Gasteiger partial charge on any atom is 0.231 e. The van der Waals surface area contributed by atoms with E-state index >= 15 is 0 Å². The number of fused-ring (bicyclic) bond motifs is 1. The molecule has 0 amide bonds. The number of halogens is 1. The van der Waals surface area contributed by atoms with Crippen LogP contribution in [0.2, 0.25) is 0 Å². The molecule has 1 aliphatic heterocycles. The SMILES string of the molecule is COc1c(CC#N)cc2c(c1F)OCO2. The van der Waals surface area contributed by atoms with Gasteiger partial charge in [-0.05, 0) is 6.07 Å². The lowest BCUT2D eigenvalue weighted by molar-refractivity contribution is 0.170. The molecule has 0 saturated heterocycles. The molecular formula is C10H8FNO3. The van der Waals surface area contributed by atoms with Gasteiger partial charge in [-0.15, -0.1) is 0 Å². The molecule has 0 bridgehead atoms. The zero-order chi connectivity index (χ0) is 10.8. The molecule has 15 heavy (non-hydrogen) atoms. The highest BCUT2D eigenvalue weighted by molar-refractivity contribution is 5.53. The molecule has 0 aliphatic carbocycles. The number of nitriles is 1. The van der Waals surface area contributed by atoms with Gasteiger partial charge in [-0.25, -0.2) is 0 Å². The van der Waals surface area contributed by atoms with Crippen molar-refractivity contribution in [1.82, 2.24) is 0 Å². The van der Waals surface area contributed by atoms with E-state index in [2.05, 4.69) is 0 Å². The summed E-state index contributed by atoms with van der Waals surface area (Å²) in [4.78, 5) is 0. The Balaban J connectivity index is 2.57. The van der Waals surface area contributed by atoms with Crippen molar-refractivity contribution in [2.45, 2.75) is 6.42 Å². The minimum atomic E-state index is -0.613. The Hall–Kier alpha value is -1.96. The molecule has 1 aliphatic rings. The smallest absolute Gasteiger partial charge is 0.231 e. The average molecular weight is 209 g/mol. The summed E-state index contributed by atoms with van der Waals surface area (Å²) in [6, 6.07) is 3.50. The summed E-state index contributed by atoms with van der Waals surface area (Å²) in [5.41, 5.74) is 0.460. The maximum absolute atomic E-state index is 13.7. The minimum absolute atomic E-state index is 0.00852. The molecule has 1 heterocycles. The first kappa shape index (κ1) is 9.59. The molecule has 0 saturated carbocycles. The van der Waals surface area contributed by atoms with E-state index in [9.17, 15) is 4.39 Å². The first-order valence-electron chi connectivity index (χ1n) is 4.30.